The van der Waals surface area contributed by atoms with Crippen LogP contribution in [0.5, 0.6) is 5.75 Å². The molecule has 0 spiro atoms. The average molecular weight is 352 g/mol. The second kappa shape index (κ2) is 6.85. The van der Waals surface area contributed by atoms with Gasteiger partial charge in [0.15, 0.2) is 11.6 Å². The highest BCUT2D eigenvalue weighted by atomic mass is 79.9. The molecule has 6 heteroatoms. The molecule has 0 saturated carbocycles. The topological polar surface area (TPSA) is 57.0 Å². The number of rotatable bonds is 6. The highest BCUT2D eigenvalue weighted by Gasteiger charge is 2.12. The molecule has 0 fully saturated rings. The zero-order chi connectivity index (χ0) is 15.4. The van der Waals surface area contributed by atoms with Gasteiger partial charge in [0.1, 0.15) is 18.7 Å². The molecule has 0 bridgehead atoms. The van der Waals surface area contributed by atoms with Crippen LogP contribution in [0.4, 0.5) is 0 Å². The van der Waals surface area contributed by atoms with E-state index in [1.165, 1.54) is 13.3 Å². The predicted octanol–water partition coefficient (Wildman–Crippen LogP) is 3.48. The summed E-state index contributed by atoms with van der Waals surface area (Å²) in [7, 11) is 0. The number of benzene rings is 1. The van der Waals surface area contributed by atoms with Crippen LogP contribution >= 0.6 is 15.9 Å². The van der Waals surface area contributed by atoms with E-state index in [1.807, 2.05) is 10.7 Å². The smallest absolute Gasteiger partial charge is 0.164 e. The van der Waals surface area contributed by atoms with Gasteiger partial charge in [0, 0.05) is 11.0 Å². The summed E-state index contributed by atoms with van der Waals surface area (Å²) in [6.45, 7) is 6.84. The predicted molar refractivity (Wildman–Crippen MR) is 83.3 cm³/mol. The van der Waals surface area contributed by atoms with Gasteiger partial charge in [0.2, 0.25) is 0 Å². The van der Waals surface area contributed by atoms with Crippen LogP contribution in [0, 0.1) is 5.92 Å². The van der Waals surface area contributed by atoms with Crippen LogP contribution in [0.3, 0.4) is 0 Å². The van der Waals surface area contributed by atoms with Gasteiger partial charge < -0.3 is 4.74 Å². The van der Waals surface area contributed by atoms with E-state index in [0.29, 0.717) is 17.2 Å². The van der Waals surface area contributed by atoms with E-state index in [-0.39, 0.29) is 12.4 Å². The van der Waals surface area contributed by atoms with Crippen LogP contribution in [0.1, 0.15) is 37.0 Å². The molecule has 112 valence electrons. The molecule has 0 saturated heterocycles. The first-order valence-electron chi connectivity index (χ1n) is 6.77. The van der Waals surface area contributed by atoms with Crippen molar-refractivity contribution in [3.63, 3.8) is 0 Å². The number of carbonyl (C=O) groups excluding carboxylic acids is 1. The lowest BCUT2D eigenvalue weighted by Gasteiger charge is -2.12. The molecule has 2 rings (SSSR count). The van der Waals surface area contributed by atoms with E-state index < -0.39 is 0 Å². The minimum atomic E-state index is -0.0325. The first-order chi connectivity index (χ1) is 9.97. The van der Waals surface area contributed by atoms with Crippen molar-refractivity contribution < 1.29 is 9.53 Å². The number of Topliss-reactive ketones (excluding diaryl/α,β-unsaturated/α-hetero) is 1. The molecule has 0 unspecified atom stereocenters. The monoisotopic (exact) mass is 351 g/mol. The minimum absolute atomic E-state index is 0.0325. The largest absolute Gasteiger partial charge is 0.485 e. The maximum absolute atomic E-state index is 11.7. The van der Waals surface area contributed by atoms with Crippen LogP contribution in [0.15, 0.2) is 29.0 Å². The Hall–Kier alpha value is -1.69. The summed E-state index contributed by atoms with van der Waals surface area (Å²) in [5.74, 6) is 1.76. The Bertz CT molecular complexity index is 638. The standard InChI is InChI=1S/C15H18BrN3O2/c1-10(2)7-19-15(17-9-18-19)8-21-14-5-4-12(16)6-13(14)11(3)20/h4-6,9-10H,7-8H2,1-3H3. The fourth-order valence-electron chi connectivity index (χ4n) is 1.94. The van der Waals surface area contributed by atoms with Crippen LogP contribution in [-0.4, -0.2) is 20.5 Å². The molecule has 5 nitrogen and oxygen atoms in total. The molecule has 1 heterocycles. The van der Waals surface area contributed by atoms with Gasteiger partial charge in [0.05, 0.1) is 5.56 Å². The van der Waals surface area contributed by atoms with Crippen molar-refractivity contribution in [2.75, 3.05) is 0 Å². The summed E-state index contributed by atoms with van der Waals surface area (Å²) in [6.07, 6.45) is 1.52. The summed E-state index contributed by atoms with van der Waals surface area (Å²) in [4.78, 5) is 15.9. The summed E-state index contributed by atoms with van der Waals surface area (Å²) >= 11 is 3.36. The van der Waals surface area contributed by atoms with Crippen molar-refractivity contribution in [1.82, 2.24) is 14.8 Å². The van der Waals surface area contributed by atoms with Crippen molar-refractivity contribution in [2.24, 2.45) is 5.92 Å². The Balaban J connectivity index is 2.14. The van der Waals surface area contributed by atoms with Crippen LogP contribution in [0.25, 0.3) is 0 Å². The summed E-state index contributed by atoms with van der Waals surface area (Å²) < 4.78 is 8.44. The number of hydrogen-bond acceptors (Lipinski definition) is 4. The van der Waals surface area contributed by atoms with E-state index >= 15 is 0 Å². The number of aromatic nitrogens is 3. The van der Waals surface area contributed by atoms with Crippen molar-refractivity contribution in [3.8, 4) is 5.75 Å². The Morgan fingerprint density at radius 1 is 1.43 bits per heavy atom. The quantitative estimate of drug-likeness (QED) is 0.747. The number of halogens is 1. The Kier molecular flexibility index (Phi) is 5.12. The lowest BCUT2D eigenvalue weighted by molar-refractivity contribution is 0.101. The maximum Gasteiger partial charge on any atom is 0.164 e. The third-order valence-corrected chi connectivity index (χ3v) is 3.40. The maximum atomic E-state index is 11.7. The molecular weight excluding hydrogens is 334 g/mol. The molecule has 0 aliphatic heterocycles. The second-order valence-corrected chi connectivity index (χ2v) is 6.15. The number of ketones is 1. The summed E-state index contributed by atoms with van der Waals surface area (Å²) in [5.41, 5.74) is 0.555. The highest BCUT2D eigenvalue weighted by molar-refractivity contribution is 9.10. The molecule has 0 atom stereocenters. The van der Waals surface area contributed by atoms with E-state index in [1.54, 1.807) is 12.1 Å². The highest BCUT2D eigenvalue weighted by Crippen LogP contribution is 2.24. The van der Waals surface area contributed by atoms with E-state index in [2.05, 4.69) is 39.9 Å². The molecule has 1 aromatic carbocycles. The molecule has 0 radical (unpaired) electrons. The minimum Gasteiger partial charge on any atom is -0.485 e. The van der Waals surface area contributed by atoms with Gasteiger partial charge in [-0.3, -0.25) is 4.79 Å². The van der Waals surface area contributed by atoms with Crippen molar-refractivity contribution in [2.45, 2.75) is 33.9 Å². The first kappa shape index (κ1) is 15.7. The van der Waals surface area contributed by atoms with Gasteiger partial charge in [-0.2, -0.15) is 5.10 Å². The molecule has 1 aromatic heterocycles. The summed E-state index contributed by atoms with van der Waals surface area (Å²) in [5, 5.41) is 4.19. The lowest BCUT2D eigenvalue weighted by atomic mass is 10.1. The zero-order valence-electron chi connectivity index (χ0n) is 12.3. The van der Waals surface area contributed by atoms with E-state index in [4.69, 9.17) is 4.74 Å². The SMILES string of the molecule is CC(=O)c1cc(Br)ccc1OCc1ncnn1CC(C)C. The van der Waals surface area contributed by atoms with Crippen LogP contribution in [-0.2, 0) is 13.2 Å². The molecule has 0 aliphatic carbocycles. The number of hydrogen-bond donors (Lipinski definition) is 0. The molecule has 0 amide bonds. The molecule has 2 aromatic rings. The van der Waals surface area contributed by atoms with Gasteiger partial charge in [-0.15, -0.1) is 0 Å². The average Bonchev–Trinajstić information content (AvgIpc) is 2.83. The fourth-order valence-corrected chi connectivity index (χ4v) is 2.30. The van der Waals surface area contributed by atoms with Crippen molar-refractivity contribution in [3.05, 3.63) is 40.4 Å². The third-order valence-electron chi connectivity index (χ3n) is 2.91. The van der Waals surface area contributed by atoms with Crippen LogP contribution in [0.2, 0.25) is 0 Å². The number of ether oxygens (including phenoxy) is 1. The summed E-state index contributed by atoms with van der Waals surface area (Å²) in [6, 6.07) is 5.39. The van der Waals surface area contributed by atoms with Gasteiger partial charge in [0.25, 0.3) is 0 Å². The molecule has 21 heavy (non-hydrogen) atoms. The Morgan fingerprint density at radius 2 is 2.19 bits per heavy atom. The molecule has 0 N–H and O–H groups in total. The number of nitrogens with zero attached hydrogens (tertiary/aromatic N) is 3. The fraction of sp³-hybridized carbons (Fsp3) is 0.400. The van der Waals surface area contributed by atoms with E-state index in [0.717, 1.165) is 16.8 Å². The van der Waals surface area contributed by atoms with Gasteiger partial charge in [-0.25, -0.2) is 9.67 Å². The second-order valence-electron chi connectivity index (χ2n) is 5.24. The van der Waals surface area contributed by atoms with Gasteiger partial charge in [-0.05, 0) is 31.0 Å². The zero-order valence-corrected chi connectivity index (χ0v) is 13.9. The van der Waals surface area contributed by atoms with Gasteiger partial charge >= 0.3 is 0 Å². The number of carbonyl (C=O) groups is 1. The van der Waals surface area contributed by atoms with Gasteiger partial charge in [-0.1, -0.05) is 29.8 Å². The Morgan fingerprint density at radius 3 is 2.86 bits per heavy atom. The van der Waals surface area contributed by atoms with Crippen molar-refractivity contribution >= 4 is 21.7 Å². The Labute approximate surface area is 132 Å². The molecular formula is C15H18BrN3O2. The van der Waals surface area contributed by atoms with Crippen LogP contribution < -0.4 is 4.74 Å². The lowest BCUT2D eigenvalue weighted by Crippen LogP contribution is -2.13. The first-order valence-corrected chi connectivity index (χ1v) is 7.56. The van der Waals surface area contributed by atoms with E-state index in [9.17, 15) is 4.79 Å². The molecule has 0 aliphatic rings. The normalized spacial score (nSPS) is 10.9. The van der Waals surface area contributed by atoms with Crippen molar-refractivity contribution in [1.29, 1.82) is 0 Å². The third kappa shape index (κ3) is 4.14.